The average Bonchev–Trinajstić information content (AvgIpc) is 2.46. The van der Waals surface area contributed by atoms with Gasteiger partial charge in [0.1, 0.15) is 0 Å². The van der Waals surface area contributed by atoms with Crippen molar-refractivity contribution in [2.75, 3.05) is 0 Å². The van der Waals surface area contributed by atoms with E-state index in [0.717, 1.165) is 27.7 Å². The molecule has 0 aliphatic carbocycles. The van der Waals surface area contributed by atoms with Crippen LogP contribution >= 0.6 is 0 Å². The predicted molar refractivity (Wildman–Crippen MR) is 75.7 cm³/mol. The molecule has 0 unspecified atom stereocenters. The zero-order valence-corrected chi connectivity index (χ0v) is 10.8. The van der Waals surface area contributed by atoms with Crippen LogP contribution in [0.5, 0.6) is 0 Å². The number of benzene rings is 2. The fraction of sp³-hybridized carbons (Fsp3) is 0.118. The third-order valence-corrected chi connectivity index (χ3v) is 3.35. The maximum atomic E-state index is 12.0. The maximum Gasteiger partial charge on any atom is 0.224 e. The van der Waals surface area contributed by atoms with Crippen LogP contribution in [0.3, 0.4) is 0 Å². The third-order valence-electron chi connectivity index (χ3n) is 3.35. The van der Waals surface area contributed by atoms with Crippen LogP contribution in [-0.2, 0) is 6.42 Å². The van der Waals surface area contributed by atoms with E-state index in [0.29, 0.717) is 0 Å². The van der Waals surface area contributed by atoms with E-state index >= 15 is 0 Å². The minimum Gasteiger partial charge on any atom is -0.618 e. The number of rotatable bonds is 2. The standard InChI is InChI=1S/C17H14NO/c1-13-11-15(12-14-7-3-2-4-8-14)16-9-5-6-10-17(16)18(13)19/h3-11H,12H2,1H3. The first-order valence-corrected chi connectivity index (χ1v) is 6.31. The molecule has 0 saturated heterocycles. The normalized spacial score (nSPS) is 10.8. The lowest BCUT2D eigenvalue weighted by Crippen LogP contribution is -2.31. The van der Waals surface area contributed by atoms with E-state index in [1.165, 1.54) is 11.1 Å². The first-order chi connectivity index (χ1) is 9.25. The Morgan fingerprint density at radius 3 is 2.63 bits per heavy atom. The van der Waals surface area contributed by atoms with Gasteiger partial charge in [-0.15, -0.1) is 0 Å². The van der Waals surface area contributed by atoms with Crippen molar-refractivity contribution in [2.24, 2.45) is 0 Å². The van der Waals surface area contributed by atoms with E-state index in [-0.39, 0.29) is 0 Å². The molecule has 3 rings (SSSR count). The second kappa shape index (κ2) is 4.73. The van der Waals surface area contributed by atoms with Crippen molar-refractivity contribution >= 4 is 10.9 Å². The van der Waals surface area contributed by atoms with Gasteiger partial charge in [-0.25, -0.2) is 0 Å². The zero-order valence-electron chi connectivity index (χ0n) is 10.8. The van der Waals surface area contributed by atoms with E-state index in [2.05, 4.69) is 18.2 Å². The molecular weight excluding hydrogens is 234 g/mol. The summed E-state index contributed by atoms with van der Waals surface area (Å²) in [5, 5.41) is 13.1. The number of hydrogen-bond donors (Lipinski definition) is 0. The number of hydrogen-bond acceptors (Lipinski definition) is 1. The van der Waals surface area contributed by atoms with Gasteiger partial charge in [0, 0.05) is 19.1 Å². The van der Waals surface area contributed by atoms with Crippen LogP contribution in [0.25, 0.3) is 10.9 Å². The summed E-state index contributed by atoms with van der Waals surface area (Å²) >= 11 is 0. The lowest BCUT2D eigenvalue weighted by Gasteiger charge is -2.10. The topological polar surface area (TPSA) is 26.9 Å². The summed E-state index contributed by atoms with van der Waals surface area (Å²) in [4.78, 5) is 0. The van der Waals surface area contributed by atoms with Crippen LogP contribution < -0.4 is 4.73 Å². The van der Waals surface area contributed by atoms with Crippen LogP contribution in [0.1, 0.15) is 16.8 Å². The highest BCUT2D eigenvalue weighted by Crippen LogP contribution is 2.19. The first-order valence-electron chi connectivity index (χ1n) is 6.31. The molecule has 0 amide bonds. The van der Waals surface area contributed by atoms with E-state index in [1.807, 2.05) is 49.4 Å². The van der Waals surface area contributed by atoms with Gasteiger partial charge >= 0.3 is 0 Å². The molecule has 2 nitrogen and oxygen atoms in total. The number of aromatic nitrogens is 1. The summed E-state index contributed by atoms with van der Waals surface area (Å²) in [6.45, 7) is 1.85. The Bertz CT molecular complexity index is 720. The number of pyridine rings is 1. The lowest BCUT2D eigenvalue weighted by molar-refractivity contribution is -0.584. The van der Waals surface area contributed by atoms with Crippen molar-refractivity contribution in [3.8, 4) is 0 Å². The van der Waals surface area contributed by atoms with Crippen molar-refractivity contribution in [1.82, 2.24) is 0 Å². The number of fused-ring (bicyclic) bond motifs is 1. The van der Waals surface area contributed by atoms with Gasteiger partial charge in [0.2, 0.25) is 5.52 Å². The van der Waals surface area contributed by atoms with E-state index in [1.54, 1.807) is 0 Å². The van der Waals surface area contributed by atoms with E-state index in [9.17, 15) is 5.21 Å². The van der Waals surface area contributed by atoms with Crippen LogP contribution in [0.2, 0.25) is 0 Å². The molecule has 0 atom stereocenters. The summed E-state index contributed by atoms with van der Waals surface area (Å²) in [5.41, 5.74) is 3.88. The molecule has 0 fully saturated rings. The molecule has 0 bridgehead atoms. The molecule has 1 aromatic heterocycles. The Balaban J connectivity index is 2.16. The maximum absolute atomic E-state index is 12.0. The van der Waals surface area contributed by atoms with E-state index < -0.39 is 0 Å². The highest BCUT2D eigenvalue weighted by molar-refractivity contribution is 5.80. The first kappa shape index (κ1) is 11.7. The molecule has 0 saturated carbocycles. The molecule has 0 spiro atoms. The van der Waals surface area contributed by atoms with Gasteiger partial charge in [-0.1, -0.05) is 36.4 Å². The van der Waals surface area contributed by atoms with Crippen LogP contribution in [0, 0.1) is 18.2 Å². The number of para-hydroxylation sites is 1. The summed E-state index contributed by atoms with van der Waals surface area (Å²) in [6.07, 6.45) is 0.830. The second-order valence-electron chi connectivity index (χ2n) is 4.71. The zero-order chi connectivity index (χ0) is 13.2. The Labute approximate surface area is 112 Å². The predicted octanol–water partition coefficient (Wildman–Crippen LogP) is 3.17. The van der Waals surface area contributed by atoms with Gasteiger partial charge in [-0.05, 0) is 29.7 Å². The fourth-order valence-corrected chi connectivity index (χ4v) is 2.41. The van der Waals surface area contributed by atoms with Crippen molar-refractivity contribution in [3.05, 3.63) is 82.7 Å². The Morgan fingerprint density at radius 2 is 1.84 bits per heavy atom. The van der Waals surface area contributed by atoms with Gasteiger partial charge in [0.05, 0.1) is 5.39 Å². The lowest BCUT2D eigenvalue weighted by atomic mass is 10.0. The molecule has 1 radical (unpaired) electrons. The van der Waals surface area contributed by atoms with Gasteiger partial charge in [-0.3, -0.25) is 0 Å². The summed E-state index contributed by atoms with van der Waals surface area (Å²) in [6, 6.07) is 20.7. The minimum atomic E-state index is 0.733. The molecule has 2 heteroatoms. The molecule has 3 aromatic rings. The van der Waals surface area contributed by atoms with Gasteiger partial charge in [0.15, 0.2) is 5.69 Å². The van der Waals surface area contributed by atoms with Crippen LogP contribution in [0.15, 0.2) is 54.6 Å². The van der Waals surface area contributed by atoms with E-state index in [4.69, 9.17) is 0 Å². The van der Waals surface area contributed by atoms with Crippen molar-refractivity contribution in [3.63, 3.8) is 0 Å². The van der Waals surface area contributed by atoms with Crippen LogP contribution in [-0.4, -0.2) is 0 Å². The SMILES string of the molecule is Cc1cc(Cc2cc[c]cc2)c2ccccc2[n+]1[O-]. The summed E-state index contributed by atoms with van der Waals surface area (Å²) < 4.78 is 0.998. The fourth-order valence-electron chi connectivity index (χ4n) is 2.41. The number of aryl methyl sites for hydroxylation is 1. The van der Waals surface area contributed by atoms with Crippen LogP contribution in [0.4, 0.5) is 0 Å². The van der Waals surface area contributed by atoms with Crippen molar-refractivity contribution in [1.29, 1.82) is 0 Å². The largest absolute Gasteiger partial charge is 0.618 e. The summed E-state index contributed by atoms with van der Waals surface area (Å²) in [7, 11) is 0. The highest BCUT2D eigenvalue weighted by Gasteiger charge is 2.12. The monoisotopic (exact) mass is 248 g/mol. The van der Waals surface area contributed by atoms with Gasteiger partial charge in [0.25, 0.3) is 0 Å². The van der Waals surface area contributed by atoms with Crippen molar-refractivity contribution in [2.45, 2.75) is 13.3 Å². The molecule has 2 aromatic carbocycles. The third kappa shape index (κ3) is 2.17. The Hall–Kier alpha value is -2.35. The van der Waals surface area contributed by atoms with Crippen molar-refractivity contribution < 1.29 is 4.73 Å². The smallest absolute Gasteiger partial charge is 0.224 e. The molecule has 1 heterocycles. The average molecular weight is 248 g/mol. The summed E-state index contributed by atoms with van der Waals surface area (Å²) in [5.74, 6) is 0. The molecular formula is C17H14NO. The minimum absolute atomic E-state index is 0.733. The molecule has 93 valence electrons. The Morgan fingerprint density at radius 1 is 1.11 bits per heavy atom. The van der Waals surface area contributed by atoms with Gasteiger partial charge < -0.3 is 5.21 Å². The molecule has 0 aliphatic heterocycles. The Kier molecular flexibility index (Phi) is 2.92. The number of nitrogens with zero attached hydrogens (tertiary/aromatic N) is 1. The highest BCUT2D eigenvalue weighted by atomic mass is 16.5. The quantitative estimate of drug-likeness (QED) is 0.505. The molecule has 0 N–H and O–H groups in total. The molecule has 19 heavy (non-hydrogen) atoms. The second-order valence-corrected chi connectivity index (χ2v) is 4.71. The molecule has 0 aliphatic rings. The van der Waals surface area contributed by atoms with Gasteiger partial charge in [-0.2, -0.15) is 4.73 Å².